The quantitative estimate of drug-likeness (QED) is 0.398. The molecule has 0 aliphatic heterocycles. The zero-order chi connectivity index (χ0) is 18.8. The van der Waals surface area contributed by atoms with Gasteiger partial charge in [0.25, 0.3) is 0 Å². The molecule has 0 aliphatic rings. The fourth-order valence-corrected chi connectivity index (χ4v) is 2.92. The Bertz CT molecular complexity index is 1130. The molecule has 10 heteroatoms. The summed E-state index contributed by atoms with van der Waals surface area (Å²) in [5.41, 5.74) is 1.48. The number of aromatic carboxylic acids is 1. The van der Waals surface area contributed by atoms with Gasteiger partial charge in [0.05, 0.1) is 17.9 Å². The van der Waals surface area contributed by atoms with Crippen LogP contribution in [0.3, 0.4) is 0 Å². The number of carbonyl (C=O) groups is 1. The number of para-hydroxylation sites is 1. The van der Waals surface area contributed by atoms with Crippen LogP contribution in [0.4, 0.5) is 11.6 Å². The molecular formula is C17H13N7O2S. The molecule has 134 valence electrons. The third kappa shape index (κ3) is 3.17. The minimum atomic E-state index is -1.12. The highest BCUT2D eigenvalue weighted by Gasteiger charge is 2.18. The first-order valence-electron chi connectivity index (χ1n) is 7.82. The second-order valence-electron chi connectivity index (χ2n) is 5.42. The van der Waals surface area contributed by atoms with E-state index in [0.29, 0.717) is 16.7 Å². The van der Waals surface area contributed by atoms with Gasteiger partial charge in [-0.15, -0.1) is 5.10 Å². The van der Waals surface area contributed by atoms with Crippen molar-refractivity contribution >= 4 is 40.3 Å². The maximum absolute atomic E-state index is 11.5. The van der Waals surface area contributed by atoms with E-state index in [4.69, 9.17) is 0 Å². The average molecular weight is 379 g/mol. The predicted molar refractivity (Wildman–Crippen MR) is 101 cm³/mol. The van der Waals surface area contributed by atoms with E-state index < -0.39 is 5.97 Å². The van der Waals surface area contributed by atoms with Crippen molar-refractivity contribution in [1.82, 2.24) is 29.7 Å². The summed E-state index contributed by atoms with van der Waals surface area (Å²) in [4.78, 5) is 27.9. The highest BCUT2D eigenvalue weighted by atomic mass is 32.2. The Morgan fingerprint density at radius 1 is 1.15 bits per heavy atom. The van der Waals surface area contributed by atoms with Gasteiger partial charge in [-0.25, -0.2) is 29.4 Å². The van der Waals surface area contributed by atoms with Gasteiger partial charge in [-0.3, -0.25) is 0 Å². The van der Waals surface area contributed by atoms with E-state index in [1.165, 1.54) is 24.3 Å². The lowest BCUT2D eigenvalue weighted by Gasteiger charge is -2.07. The minimum Gasteiger partial charge on any atom is -0.477 e. The van der Waals surface area contributed by atoms with Gasteiger partial charge in [0.1, 0.15) is 17.6 Å². The summed E-state index contributed by atoms with van der Waals surface area (Å²) in [5, 5.41) is 18.3. The number of fused-ring (bicyclic) bond motifs is 1. The van der Waals surface area contributed by atoms with Crippen LogP contribution in [0.25, 0.3) is 16.6 Å². The Hall–Kier alpha value is -3.53. The lowest BCUT2D eigenvalue weighted by molar-refractivity contribution is 0.0697. The predicted octanol–water partition coefficient (Wildman–Crippen LogP) is 2.77. The van der Waals surface area contributed by atoms with Gasteiger partial charge in [0, 0.05) is 11.6 Å². The van der Waals surface area contributed by atoms with Crippen LogP contribution in [-0.2, 0) is 0 Å². The van der Waals surface area contributed by atoms with E-state index in [2.05, 4.69) is 30.4 Å². The molecular weight excluding hydrogens is 366 g/mol. The fraction of sp³-hybridized carbons (Fsp3) is 0.0588. The molecule has 2 N–H and O–H groups in total. The average Bonchev–Trinajstić information content (AvgIpc) is 3.07. The summed E-state index contributed by atoms with van der Waals surface area (Å²) < 4.78 is 1.69. The number of aromatic nitrogens is 6. The molecule has 0 atom stereocenters. The molecule has 9 nitrogen and oxygen atoms in total. The lowest BCUT2D eigenvalue weighted by atomic mass is 10.2. The number of hydrogen-bond acceptors (Lipinski definition) is 8. The molecule has 4 rings (SSSR count). The van der Waals surface area contributed by atoms with E-state index in [0.717, 1.165) is 10.9 Å². The summed E-state index contributed by atoms with van der Waals surface area (Å²) >= 11 is 1.32. The zero-order valence-electron chi connectivity index (χ0n) is 14.1. The Morgan fingerprint density at radius 3 is 2.67 bits per heavy atom. The normalized spacial score (nSPS) is 10.9. The number of nitrogens with zero attached hydrogens (tertiary/aromatic N) is 6. The van der Waals surface area contributed by atoms with E-state index in [-0.39, 0.29) is 11.4 Å². The van der Waals surface area contributed by atoms with Crippen molar-refractivity contribution < 1.29 is 9.90 Å². The Morgan fingerprint density at radius 2 is 1.93 bits per heavy atom. The fourth-order valence-electron chi connectivity index (χ4n) is 2.58. The van der Waals surface area contributed by atoms with Gasteiger partial charge in [0.15, 0.2) is 16.8 Å². The summed E-state index contributed by atoms with van der Waals surface area (Å²) in [6, 6.07) is 7.58. The number of rotatable bonds is 5. The van der Waals surface area contributed by atoms with Gasteiger partial charge in [-0.2, -0.15) is 0 Å². The highest BCUT2D eigenvalue weighted by molar-refractivity contribution is 7.98. The molecule has 3 heterocycles. The highest BCUT2D eigenvalue weighted by Crippen LogP contribution is 2.28. The maximum Gasteiger partial charge on any atom is 0.341 e. The van der Waals surface area contributed by atoms with Gasteiger partial charge >= 0.3 is 5.97 Å². The number of hydrogen-bond donors (Lipinski definition) is 2. The smallest absolute Gasteiger partial charge is 0.341 e. The topological polar surface area (TPSA) is 119 Å². The minimum absolute atomic E-state index is 0.0329. The van der Waals surface area contributed by atoms with E-state index in [1.807, 2.05) is 30.5 Å². The first kappa shape index (κ1) is 16.9. The van der Waals surface area contributed by atoms with Gasteiger partial charge in [-0.05, 0) is 18.4 Å². The van der Waals surface area contributed by atoms with Crippen LogP contribution in [-0.4, -0.2) is 47.0 Å². The summed E-state index contributed by atoms with van der Waals surface area (Å²) in [6.07, 6.45) is 7.84. The molecule has 0 spiro atoms. The largest absolute Gasteiger partial charge is 0.477 e. The van der Waals surface area contributed by atoms with Crippen molar-refractivity contribution in [2.45, 2.75) is 5.16 Å². The number of benzene rings is 1. The van der Waals surface area contributed by atoms with Crippen LogP contribution in [0.2, 0.25) is 0 Å². The summed E-state index contributed by atoms with van der Waals surface area (Å²) in [6.45, 7) is 0. The molecule has 27 heavy (non-hydrogen) atoms. The number of anilines is 2. The molecule has 3 aromatic heterocycles. The van der Waals surface area contributed by atoms with Crippen LogP contribution in [0.5, 0.6) is 0 Å². The van der Waals surface area contributed by atoms with Crippen molar-refractivity contribution in [1.29, 1.82) is 0 Å². The monoisotopic (exact) mass is 379 g/mol. The first-order valence-corrected chi connectivity index (χ1v) is 9.04. The van der Waals surface area contributed by atoms with E-state index in [1.54, 1.807) is 17.1 Å². The second kappa shape index (κ2) is 7.00. The van der Waals surface area contributed by atoms with Gasteiger partial charge in [0.2, 0.25) is 0 Å². The van der Waals surface area contributed by atoms with Crippen LogP contribution in [0.15, 0.2) is 54.3 Å². The van der Waals surface area contributed by atoms with Crippen LogP contribution >= 0.6 is 11.8 Å². The van der Waals surface area contributed by atoms with Crippen LogP contribution in [0, 0.1) is 0 Å². The summed E-state index contributed by atoms with van der Waals surface area (Å²) in [7, 11) is 0. The molecule has 0 aliphatic carbocycles. The summed E-state index contributed by atoms with van der Waals surface area (Å²) in [5.74, 6) is -0.463. The van der Waals surface area contributed by atoms with Crippen molar-refractivity contribution in [2.75, 3.05) is 11.6 Å². The number of nitrogens with one attached hydrogen (secondary N) is 1. The number of thioether (sulfide) groups is 1. The van der Waals surface area contributed by atoms with Gasteiger partial charge in [-0.1, -0.05) is 23.9 Å². The van der Waals surface area contributed by atoms with Crippen molar-refractivity contribution in [2.24, 2.45) is 0 Å². The number of carboxylic acid groups (broad SMARTS) is 1. The molecule has 0 bridgehead atoms. The third-order valence-corrected chi connectivity index (χ3v) is 4.36. The molecule has 0 amide bonds. The first-order chi connectivity index (χ1) is 13.2. The van der Waals surface area contributed by atoms with Crippen LogP contribution < -0.4 is 5.32 Å². The molecule has 0 radical (unpaired) electrons. The maximum atomic E-state index is 11.5. The molecule has 0 unspecified atom stereocenters. The molecule has 1 aromatic carbocycles. The lowest BCUT2D eigenvalue weighted by Crippen LogP contribution is -2.07. The standard InChI is InChI=1S/C17H13N7O2S/c1-27-17-20-8-12(16(25)26)14(22-17)21-15-11-4-2-3-5-13(11)24(23-15)10-6-18-9-19-7-10/h2-9H,1H3,(H,25,26)(H,20,21,22,23). The van der Waals surface area contributed by atoms with Crippen LogP contribution in [0.1, 0.15) is 10.4 Å². The van der Waals surface area contributed by atoms with Crippen molar-refractivity contribution in [3.63, 3.8) is 0 Å². The molecule has 0 fully saturated rings. The zero-order valence-corrected chi connectivity index (χ0v) is 14.9. The Labute approximate surface area is 157 Å². The van der Waals surface area contributed by atoms with Gasteiger partial charge < -0.3 is 10.4 Å². The Kier molecular flexibility index (Phi) is 4.38. The van der Waals surface area contributed by atoms with E-state index in [9.17, 15) is 9.90 Å². The Balaban J connectivity index is 1.86. The third-order valence-electron chi connectivity index (χ3n) is 3.80. The molecule has 0 saturated heterocycles. The van der Waals surface area contributed by atoms with Crippen molar-refractivity contribution in [3.05, 3.63) is 54.7 Å². The SMILES string of the molecule is CSc1ncc(C(=O)O)c(Nc2nn(-c3cncnc3)c3ccccc23)n1. The number of carboxylic acids is 1. The van der Waals surface area contributed by atoms with Crippen molar-refractivity contribution in [3.8, 4) is 5.69 Å². The molecule has 4 aromatic rings. The molecule has 0 saturated carbocycles. The second-order valence-corrected chi connectivity index (χ2v) is 6.20. The van der Waals surface area contributed by atoms with E-state index >= 15 is 0 Å².